The number of hydrogen-bond donors (Lipinski definition) is 2. The highest BCUT2D eigenvalue weighted by Gasteiger charge is 2.30. The van der Waals surface area contributed by atoms with Crippen LogP contribution >= 0.6 is 24.0 Å². The minimum atomic E-state index is -0.482. The van der Waals surface area contributed by atoms with Crippen LogP contribution in [0.5, 0.6) is 0 Å². The molecule has 1 unspecified atom stereocenters. The van der Waals surface area contributed by atoms with Crippen LogP contribution in [0.1, 0.15) is 12.5 Å². The van der Waals surface area contributed by atoms with E-state index in [1.165, 1.54) is 0 Å². The van der Waals surface area contributed by atoms with Crippen molar-refractivity contribution in [3.05, 3.63) is 65.3 Å². The fourth-order valence-corrected chi connectivity index (χ4v) is 3.37. The van der Waals surface area contributed by atoms with Crippen molar-refractivity contribution in [1.29, 1.82) is 0 Å². The summed E-state index contributed by atoms with van der Waals surface area (Å²) < 4.78 is 5.58. The monoisotopic (exact) mass is 402 g/mol. The minimum absolute atomic E-state index is 0. The van der Waals surface area contributed by atoms with E-state index in [9.17, 15) is 0 Å². The third-order valence-electron chi connectivity index (χ3n) is 4.46. The highest BCUT2D eigenvalue weighted by molar-refractivity contribution is 6.31. The summed E-state index contributed by atoms with van der Waals surface area (Å²) in [5.74, 6) is 0.521. The van der Waals surface area contributed by atoms with E-state index in [4.69, 9.17) is 22.1 Å². The molecule has 0 fully saturated rings. The number of nitrogens with one attached hydrogen (secondary N) is 1. The van der Waals surface area contributed by atoms with Crippen LogP contribution in [-0.4, -0.2) is 24.0 Å². The number of anilines is 2. The molecule has 0 radical (unpaired) electrons. The first kappa shape index (κ1) is 19.4. The molecule has 1 aromatic heterocycles. The van der Waals surface area contributed by atoms with Crippen LogP contribution in [0.4, 0.5) is 11.4 Å². The van der Waals surface area contributed by atoms with Crippen molar-refractivity contribution < 1.29 is 4.74 Å². The average molecular weight is 403 g/mol. The van der Waals surface area contributed by atoms with Gasteiger partial charge in [0.15, 0.2) is 0 Å². The Bertz CT molecular complexity index is 1010. The van der Waals surface area contributed by atoms with Crippen LogP contribution in [-0.2, 0) is 10.3 Å². The van der Waals surface area contributed by atoms with Gasteiger partial charge in [0.2, 0.25) is 0 Å². The number of amidine groups is 1. The van der Waals surface area contributed by atoms with Crippen LogP contribution in [0.25, 0.3) is 10.9 Å². The van der Waals surface area contributed by atoms with Crippen molar-refractivity contribution in [2.75, 3.05) is 18.5 Å². The van der Waals surface area contributed by atoms with Crippen LogP contribution in [0.2, 0.25) is 5.02 Å². The Kier molecular flexibility index (Phi) is 5.56. The Morgan fingerprint density at radius 3 is 2.81 bits per heavy atom. The Morgan fingerprint density at radius 2 is 2.00 bits per heavy atom. The molecule has 0 saturated heterocycles. The molecule has 4 rings (SSSR count). The molecule has 2 aromatic carbocycles. The SMILES string of the molecule is CC1(c2cccc(Nc3cccc4cc(Cl)cnc34)c2)COCC(N)=N1.Cl. The van der Waals surface area contributed by atoms with Crippen LogP contribution in [0.3, 0.4) is 0 Å². The Morgan fingerprint density at radius 1 is 1.19 bits per heavy atom. The summed E-state index contributed by atoms with van der Waals surface area (Å²) in [6, 6.07) is 16.0. The summed E-state index contributed by atoms with van der Waals surface area (Å²) >= 11 is 6.05. The largest absolute Gasteiger partial charge is 0.386 e. The first-order valence-corrected chi connectivity index (χ1v) is 8.75. The standard InChI is InChI=1S/C20H19ClN4O.ClH/c1-20(12-26-11-18(22)25-20)14-5-3-6-16(9-14)24-17-7-2-4-13-8-15(21)10-23-19(13)17;/h2-10,24H,11-12H2,1H3,(H2,22,25);1H. The molecule has 7 heteroatoms. The second kappa shape index (κ2) is 7.72. The van der Waals surface area contributed by atoms with Crippen molar-refractivity contribution in [1.82, 2.24) is 4.98 Å². The van der Waals surface area contributed by atoms with Gasteiger partial charge in [0.25, 0.3) is 0 Å². The zero-order valence-electron chi connectivity index (χ0n) is 14.8. The first-order valence-electron chi connectivity index (χ1n) is 8.37. The molecule has 1 aliphatic heterocycles. The number of nitrogens with zero attached hydrogens (tertiary/aromatic N) is 2. The molecule has 3 aromatic rings. The lowest BCUT2D eigenvalue weighted by atomic mass is 9.92. The van der Waals surface area contributed by atoms with Gasteiger partial charge in [-0.2, -0.15) is 0 Å². The molecule has 0 amide bonds. The maximum absolute atomic E-state index is 6.05. The molecular formula is C20H20Cl2N4O. The molecule has 140 valence electrons. The summed E-state index contributed by atoms with van der Waals surface area (Å²) in [5, 5.41) is 5.06. The van der Waals surface area contributed by atoms with E-state index in [1.54, 1.807) is 6.20 Å². The molecular weight excluding hydrogens is 383 g/mol. The lowest BCUT2D eigenvalue weighted by molar-refractivity contribution is 0.106. The molecule has 27 heavy (non-hydrogen) atoms. The van der Waals surface area contributed by atoms with Gasteiger partial charge in [0, 0.05) is 17.3 Å². The highest BCUT2D eigenvalue weighted by atomic mass is 35.5. The Labute approximate surface area is 169 Å². The number of aliphatic imine (C=N–C) groups is 1. The topological polar surface area (TPSA) is 72.5 Å². The lowest BCUT2D eigenvalue weighted by Gasteiger charge is -2.30. The van der Waals surface area contributed by atoms with E-state index in [0.717, 1.165) is 27.8 Å². The van der Waals surface area contributed by atoms with Gasteiger partial charge in [0.05, 0.1) is 22.8 Å². The van der Waals surface area contributed by atoms with Gasteiger partial charge >= 0.3 is 0 Å². The van der Waals surface area contributed by atoms with E-state index in [0.29, 0.717) is 24.1 Å². The maximum atomic E-state index is 6.05. The van der Waals surface area contributed by atoms with Crippen LogP contribution < -0.4 is 11.1 Å². The van der Waals surface area contributed by atoms with Crippen molar-refractivity contribution >= 4 is 52.1 Å². The summed E-state index contributed by atoms with van der Waals surface area (Å²) in [5.41, 5.74) is 9.18. The molecule has 1 aliphatic rings. The fraction of sp³-hybridized carbons (Fsp3) is 0.200. The molecule has 0 aliphatic carbocycles. The quantitative estimate of drug-likeness (QED) is 0.668. The van der Waals surface area contributed by atoms with Gasteiger partial charge in [-0.25, -0.2) is 0 Å². The summed E-state index contributed by atoms with van der Waals surface area (Å²) in [7, 11) is 0. The predicted octanol–water partition coefficient (Wildman–Crippen LogP) is 4.66. The van der Waals surface area contributed by atoms with Gasteiger partial charge in [-0.3, -0.25) is 9.98 Å². The summed E-state index contributed by atoms with van der Waals surface area (Å²) in [4.78, 5) is 9.07. The van der Waals surface area contributed by atoms with Gasteiger partial charge in [-0.05, 0) is 36.8 Å². The van der Waals surface area contributed by atoms with E-state index >= 15 is 0 Å². The first-order chi connectivity index (χ1) is 12.5. The molecule has 1 atom stereocenters. The van der Waals surface area contributed by atoms with Gasteiger partial charge in [-0.15, -0.1) is 12.4 Å². The average Bonchev–Trinajstić information content (AvgIpc) is 2.62. The van der Waals surface area contributed by atoms with E-state index < -0.39 is 5.54 Å². The van der Waals surface area contributed by atoms with Gasteiger partial charge < -0.3 is 15.8 Å². The van der Waals surface area contributed by atoms with E-state index in [-0.39, 0.29) is 12.4 Å². The van der Waals surface area contributed by atoms with Gasteiger partial charge in [-0.1, -0.05) is 35.9 Å². The molecule has 0 saturated carbocycles. The Hall–Kier alpha value is -2.34. The number of halogens is 2. The molecule has 2 heterocycles. The third-order valence-corrected chi connectivity index (χ3v) is 4.67. The van der Waals surface area contributed by atoms with Crippen LogP contribution in [0, 0.1) is 0 Å². The molecule has 0 spiro atoms. The zero-order chi connectivity index (χ0) is 18.1. The predicted molar refractivity (Wildman–Crippen MR) is 114 cm³/mol. The number of para-hydroxylation sites is 1. The maximum Gasteiger partial charge on any atom is 0.121 e. The van der Waals surface area contributed by atoms with E-state index in [2.05, 4.69) is 21.4 Å². The van der Waals surface area contributed by atoms with Crippen LogP contribution in [0.15, 0.2) is 59.7 Å². The third kappa shape index (κ3) is 4.00. The number of aromatic nitrogens is 1. The smallest absolute Gasteiger partial charge is 0.121 e. The van der Waals surface area contributed by atoms with Crippen molar-refractivity contribution in [2.24, 2.45) is 10.7 Å². The minimum Gasteiger partial charge on any atom is -0.386 e. The fourth-order valence-electron chi connectivity index (χ4n) is 3.21. The second-order valence-electron chi connectivity index (χ2n) is 6.61. The zero-order valence-corrected chi connectivity index (χ0v) is 16.3. The number of fused-ring (bicyclic) bond motifs is 1. The number of rotatable bonds is 3. The Balaban J connectivity index is 0.00000210. The summed E-state index contributed by atoms with van der Waals surface area (Å²) in [6.07, 6.45) is 1.66. The molecule has 5 nitrogen and oxygen atoms in total. The van der Waals surface area contributed by atoms with Crippen molar-refractivity contribution in [2.45, 2.75) is 12.5 Å². The number of nitrogens with two attached hydrogens (primary N) is 1. The number of pyridine rings is 1. The number of benzene rings is 2. The molecule has 3 N–H and O–H groups in total. The van der Waals surface area contributed by atoms with Gasteiger partial charge in [0.1, 0.15) is 18.0 Å². The lowest BCUT2D eigenvalue weighted by Crippen LogP contribution is -2.37. The second-order valence-corrected chi connectivity index (χ2v) is 7.04. The van der Waals surface area contributed by atoms with Crippen molar-refractivity contribution in [3.63, 3.8) is 0 Å². The number of hydrogen-bond acceptors (Lipinski definition) is 5. The highest BCUT2D eigenvalue weighted by Crippen LogP contribution is 2.32. The van der Waals surface area contributed by atoms with E-state index in [1.807, 2.05) is 49.4 Å². The summed E-state index contributed by atoms with van der Waals surface area (Å²) in [6.45, 7) is 2.92. The normalized spacial score (nSPS) is 19.3. The number of ether oxygens (including phenoxy) is 1. The molecule has 0 bridgehead atoms. The van der Waals surface area contributed by atoms with Crippen molar-refractivity contribution in [3.8, 4) is 0 Å².